The summed E-state index contributed by atoms with van der Waals surface area (Å²) in [6.45, 7) is 4.26. The van der Waals surface area contributed by atoms with E-state index in [2.05, 4.69) is 23.7 Å². The lowest BCUT2D eigenvalue weighted by atomic mass is 10.0. The van der Waals surface area contributed by atoms with Gasteiger partial charge in [0.25, 0.3) is 11.8 Å². The molecule has 0 bridgehead atoms. The second-order valence-corrected chi connectivity index (χ2v) is 9.04. The Labute approximate surface area is 209 Å². The maximum Gasteiger partial charge on any atom is 0.264 e. The summed E-state index contributed by atoms with van der Waals surface area (Å²) in [6, 6.07) is 14.5. The lowest BCUT2D eigenvalue weighted by molar-refractivity contribution is -0.122. The van der Waals surface area contributed by atoms with Crippen molar-refractivity contribution in [3.8, 4) is 11.5 Å². The number of aromatic nitrogens is 1. The van der Waals surface area contributed by atoms with Gasteiger partial charge in [-0.1, -0.05) is 18.2 Å². The van der Waals surface area contributed by atoms with E-state index in [0.29, 0.717) is 40.4 Å². The van der Waals surface area contributed by atoms with E-state index >= 15 is 0 Å². The molecule has 1 unspecified atom stereocenters. The molecule has 9 nitrogen and oxygen atoms in total. The normalized spacial score (nSPS) is 16.1. The number of nitrogens with zero attached hydrogens (tertiary/aromatic N) is 3. The van der Waals surface area contributed by atoms with Crippen molar-refractivity contribution in [3.05, 3.63) is 77.1 Å². The third-order valence-electron chi connectivity index (χ3n) is 6.69. The van der Waals surface area contributed by atoms with Crippen LogP contribution in [0, 0.1) is 0 Å². The molecule has 3 heterocycles. The smallest absolute Gasteiger partial charge is 0.264 e. The number of fused-ring (bicyclic) bond motifs is 5. The van der Waals surface area contributed by atoms with Gasteiger partial charge in [0.1, 0.15) is 12.7 Å². The highest BCUT2D eigenvalue weighted by molar-refractivity contribution is 6.18. The molecule has 186 valence electrons. The summed E-state index contributed by atoms with van der Waals surface area (Å²) in [5.74, 6) is -0.228. The van der Waals surface area contributed by atoms with Crippen LogP contribution in [0.1, 0.15) is 58.0 Å². The molecule has 1 aromatic heterocycles. The molecule has 0 spiro atoms. The Morgan fingerprint density at radius 3 is 2.50 bits per heavy atom. The first-order valence-corrected chi connectivity index (χ1v) is 11.8. The monoisotopic (exact) mass is 488 g/mol. The van der Waals surface area contributed by atoms with E-state index in [1.165, 1.54) is 19.1 Å². The molecule has 2 aromatic carbocycles. The second kappa shape index (κ2) is 9.07. The van der Waals surface area contributed by atoms with Crippen LogP contribution in [0.15, 0.2) is 54.7 Å². The largest absolute Gasteiger partial charge is 0.493 e. The summed E-state index contributed by atoms with van der Waals surface area (Å²) >= 11 is 0. The van der Waals surface area contributed by atoms with E-state index in [4.69, 9.17) is 9.47 Å². The van der Waals surface area contributed by atoms with Crippen LogP contribution in [0.25, 0.3) is 0 Å². The summed E-state index contributed by atoms with van der Waals surface area (Å²) in [6.07, 6.45) is 1.19. The highest BCUT2D eigenvalue weighted by Gasteiger charge is 2.50. The lowest BCUT2D eigenvalue weighted by Gasteiger charge is -2.40. The van der Waals surface area contributed by atoms with Crippen molar-refractivity contribution in [2.45, 2.75) is 32.6 Å². The van der Waals surface area contributed by atoms with Gasteiger partial charge in [-0.3, -0.25) is 19.3 Å². The summed E-state index contributed by atoms with van der Waals surface area (Å²) in [5.41, 5.74) is 2.74. The number of para-hydroxylation sites is 1. The summed E-state index contributed by atoms with van der Waals surface area (Å²) < 4.78 is 13.0. The van der Waals surface area contributed by atoms with E-state index in [0.717, 1.165) is 5.69 Å². The summed E-state index contributed by atoms with van der Waals surface area (Å²) in [5, 5.41) is 2.93. The standard InChI is InChI=1S/C27H28N4O5/c1-16(2)29-13-7-8-17(29)14-28-22(32)15-30-25-19-11-12-21(35-3)24(36-4)23(19)27(34)31(25)20-10-6-5-9-18(20)26(30)33/h5-13,16,25H,14-15H2,1-4H3,(H,28,32). The van der Waals surface area contributed by atoms with E-state index in [-0.39, 0.29) is 30.3 Å². The number of ether oxygens (including phenoxy) is 2. The van der Waals surface area contributed by atoms with E-state index < -0.39 is 6.17 Å². The molecule has 3 aromatic rings. The predicted molar refractivity (Wildman–Crippen MR) is 133 cm³/mol. The molecule has 2 aliphatic rings. The quantitative estimate of drug-likeness (QED) is 0.549. The molecule has 1 atom stereocenters. The Morgan fingerprint density at radius 1 is 1.00 bits per heavy atom. The van der Waals surface area contributed by atoms with Gasteiger partial charge in [0, 0.05) is 23.5 Å². The average molecular weight is 489 g/mol. The third kappa shape index (κ3) is 3.59. The molecule has 0 aliphatic carbocycles. The van der Waals surface area contributed by atoms with Crippen LogP contribution in [0.4, 0.5) is 5.69 Å². The zero-order valence-corrected chi connectivity index (χ0v) is 20.6. The minimum absolute atomic E-state index is 0.211. The Balaban J connectivity index is 1.50. The fourth-order valence-electron chi connectivity index (χ4n) is 5.07. The van der Waals surface area contributed by atoms with Crippen LogP contribution in [-0.4, -0.2) is 48.0 Å². The minimum atomic E-state index is -0.778. The van der Waals surface area contributed by atoms with Gasteiger partial charge in [-0.15, -0.1) is 0 Å². The number of carbonyl (C=O) groups excluding carboxylic acids is 3. The van der Waals surface area contributed by atoms with E-state index in [1.807, 2.05) is 18.3 Å². The van der Waals surface area contributed by atoms with Crippen LogP contribution in [0.5, 0.6) is 11.5 Å². The fourth-order valence-corrected chi connectivity index (χ4v) is 5.07. The highest BCUT2D eigenvalue weighted by Crippen LogP contribution is 2.49. The number of rotatable bonds is 7. The SMILES string of the molecule is COc1ccc2c(c1OC)C(=O)N1c3ccccc3C(=O)N(CC(=O)NCc3cccn3C(C)C)C21. The van der Waals surface area contributed by atoms with E-state index in [1.54, 1.807) is 41.3 Å². The fraction of sp³-hybridized carbons (Fsp3) is 0.296. The van der Waals surface area contributed by atoms with Crippen molar-refractivity contribution in [1.82, 2.24) is 14.8 Å². The van der Waals surface area contributed by atoms with Crippen molar-refractivity contribution in [2.75, 3.05) is 25.7 Å². The Hall–Kier alpha value is -4.27. The van der Waals surface area contributed by atoms with Gasteiger partial charge in [-0.05, 0) is 44.2 Å². The zero-order valence-electron chi connectivity index (χ0n) is 20.6. The van der Waals surface area contributed by atoms with Crippen molar-refractivity contribution < 1.29 is 23.9 Å². The van der Waals surface area contributed by atoms with Crippen LogP contribution in [-0.2, 0) is 11.3 Å². The number of benzene rings is 2. The van der Waals surface area contributed by atoms with Gasteiger partial charge >= 0.3 is 0 Å². The third-order valence-corrected chi connectivity index (χ3v) is 6.69. The molecule has 0 saturated heterocycles. The summed E-state index contributed by atoms with van der Waals surface area (Å²) in [4.78, 5) is 43.4. The first-order valence-electron chi connectivity index (χ1n) is 11.8. The first-order chi connectivity index (χ1) is 17.4. The van der Waals surface area contributed by atoms with Gasteiger partial charge in [0.05, 0.1) is 37.6 Å². The lowest BCUT2D eigenvalue weighted by Crippen LogP contribution is -2.51. The molecular formula is C27H28N4O5. The van der Waals surface area contributed by atoms with Gasteiger partial charge in [0.2, 0.25) is 5.91 Å². The Bertz CT molecular complexity index is 1360. The highest BCUT2D eigenvalue weighted by atomic mass is 16.5. The maximum absolute atomic E-state index is 13.7. The second-order valence-electron chi connectivity index (χ2n) is 9.04. The molecule has 0 saturated carbocycles. The van der Waals surface area contributed by atoms with Gasteiger partial charge in [0.15, 0.2) is 11.5 Å². The van der Waals surface area contributed by atoms with Crippen LogP contribution in [0.3, 0.4) is 0 Å². The molecule has 1 N–H and O–H groups in total. The van der Waals surface area contributed by atoms with Crippen LogP contribution < -0.4 is 19.7 Å². The molecule has 3 amide bonds. The van der Waals surface area contributed by atoms with Crippen molar-refractivity contribution >= 4 is 23.4 Å². The minimum Gasteiger partial charge on any atom is -0.493 e. The zero-order chi connectivity index (χ0) is 25.6. The number of nitrogens with one attached hydrogen (secondary N) is 1. The van der Waals surface area contributed by atoms with E-state index in [9.17, 15) is 14.4 Å². The molecule has 0 fully saturated rings. The Kier molecular flexibility index (Phi) is 5.91. The van der Waals surface area contributed by atoms with Crippen molar-refractivity contribution in [3.63, 3.8) is 0 Å². The van der Waals surface area contributed by atoms with Crippen LogP contribution in [0.2, 0.25) is 0 Å². The topological polar surface area (TPSA) is 93.1 Å². The number of hydrogen-bond acceptors (Lipinski definition) is 5. The first kappa shape index (κ1) is 23.5. The van der Waals surface area contributed by atoms with Crippen LogP contribution >= 0.6 is 0 Å². The van der Waals surface area contributed by atoms with Crippen molar-refractivity contribution in [2.24, 2.45) is 0 Å². The molecule has 9 heteroatoms. The van der Waals surface area contributed by atoms with Gasteiger partial charge in [-0.2, -0.15) is 0 Å². The molecule has 36 heavy (non-hydrogen) atoms. The number of methoxy groups -OCH3 is 2. The molecule has 5 rings (SSSR count). The molecule has 0 radical (unpaired) electrons. The summed E-state index contributed by atoms with van der Waals surface area (Å²) in [7, 11) is 2.97. The maximum atomic E-state index is 13.7. The number of hydrogen-bond donors (Lipinski definition) is 1. The number of carbonyl (C=O) groups is 3. The predicted octanol–water partition coefficient (Wildman–Crippen LogP) is 3.52. The molecule has 2 aliphatic heterocycles. The van der Waals surface area contributed by atoms with Gasteiger partial charge < -0.3 is 24.3 Å². The van der Waals surface area contributed by atoms with Gasteiger partial charge in [-0.25, -0.2) is 0 Å². The molecular weight excluding hydrogens is 460 g/mol. The average Bonchev–Trinajstić information content (AvgIpc) is 3.47. The van der Waals surface area contributed by atoms with Crippen molar-refractivity contribution in [1.29, 1.82) is 0 Å². The number of amides is 3. The Morgan fingerprint density at radius 2 is 1.78 bits per heavy atom. The number of anilines is 1.